The molecular weight excluding hydrogens is 168 g/mol. The van der Waals surface area contributed by atoms with Crippen LogP contribution in [0, 0.1) is 0 Å². The maximum Gasteiger partial charge on any atom is 0.283 e. The summed E-state index contributed by atoms with van der Waals surface area (Å²) in [5.74, 6) is 1.73. The minimum absolute atomic E-state index is 0.452. The van der Waals surface area contributed by atoms with Gasteiger partial charge in [0.05, 0.1) is 0 Å². The Kier molecular flexibility index (Phi) is 2.08. The van der Waals surface area contributed by atoms with Crippen molar-refractivity contribution in [3.05, 3.63) is 18.3 Å². The van der Waals surface area contributed by atoms with Crippen LogP contribution in [0.1, 0.15) is 19.2 Å². The van der Waals surface area contributed by atoms with E-state index < -0.39 is 0 Å². The number of imidazole rings is 1. The Morgan fingerprint density at radius 2 is 2.38 bits per heavy atom. The molecular formula is C8H10N4O. The highest BCUT2D eigenvalue weighted by molar-refractivity contribution is 5.37. The number of rotatable bonds is 3. The third kappa shape index (κ3) is 1.58. The van der Waals surface area contributed by atoms with Crippen molar-refractivity contribution in [2.45, 2.75) is 19.8 Å². The molecule has 0 spiro atoms. The summed E-state index contributed by atoms with van der Waals surface area (Å²) in [5.41, 5.74) is 0. The fraction of sp³-hybridized carbons (Fsp3) is 0.375. The number of aromatic amines is 1. The molecule has 5 heteroatoms. The van der Waals surface area contributed by atoms with E-state index in [0.717, 1.165) is 12.8 Å². The SMILES string of the molecule is CCCc1nnc(-c2ncc[nH]2)o1. The van der Waals surface area contributed by atoms with Crippen molar-refractivity contribution in [3.8, 4) is 11.7 Å². The van der Waals surface area contributed by atoms with E-state index in [2.05, 4.69) is 27.1 Å². The van der Waals surface area contributed by atoms with Crippen molar-refractivity contribution >= 4 is 0 Å². The van der Waals surface area contributed by atoms with Gasteiger partial charge < -0.3 is 9.40 Å². The van der Waals surface area contributed by atoms with E-state index in [1.165, 1.54) is 0 Å². The summed E-state index contributed by atoms with van der Waals surface area (Å²) in [6.07, 6.45) is 5.19. The summed E-state index contributed by atoms with van der Waals surface area (Å²) in [7, 11) is 0. The number of H-pyrrole nitrogens is 1. The Balaban J connectivity index is 2.23. The molecule has 1 N–H and O–H groups in total. The molecule has 0 unspecified atom stereocenters. The van der Waals surface area contributed by atoms with E-state index in [4.69, 9.17) is 4.42 Å². The molecule has 5 nitrogen and oxygen atoms in total. The van der Waals surface area contributed by atoms with E-state index in [-0.39, 0.29) is 0 Å². The zero-order chi connectivity index (χ0) is 9.10. The number of hydrogen-bond acceptors (Lipinski definition) is 4. The van der Waals surface area contributed by atoms with Crippen LogP contribution in [0.5, 0.6) is 0 Å². The van der Waals surface area contributed by atoms with Crippen molar-refractivity contribution in [3.63, 3.8) is 0 Å². The lowest BCUT2D eigenvalue weighted by atomic mass is 10.3. The average molecular weight is 178 g/mol. The predicted molar refractivity (Wildman–Crippen MR) is 45.9 cm³/mol. The van der Waals surface area contributed by atoms with Crippen molar-refractivity contribution in [2.24, 2.45) is 0 Å². The molecule has 68 valence electrons. The molecule has 0 aliphatic carbocycles. The standard InChI is InChI=1S/C8H10N4O/c1-2-3-6-11-12-8(13-6)7-9-4-5-10-7/h4-5H,2-3H2,1H3,(H,9,10). The van der Waals surface area contributed by atoms with Gasteiger partial charge in [-0.3, -0.25) is 0 Å². The number of nitrogens with zero attached hydrogens (tertiary/aromatic N) is 3. The summed E-state index contributed by atoms with van der Waals surface area (Å²) in [6, 6.07) is 0. The van der Waals surface area contributed by atoms with Gasteiger partial charge in [-0.25, -0.2) is 4.98 Å². The Hall–Kier alpha value is -1.65. The van der Waals surface area contributed by atoms with E-state index in [1.807, 2.05) is 0 Å². The van der Waals surface area contributed by atoms with Gasteiger partial charge in [-0.1, -0.05) is 6.92 Å². The third-order valence-electron chi connectivity index (χ3n) is 1.63. The quantitative estimate of drug-likeness (QED) is 0.771. The first-order valence-corrected chi connectivity index (χ1v) is 4.22. The van der Waals surface area contributed by atoms with Crippen LogP contribution in [0.2, 0.25) is 0 Å². The summed E-state index contributed by atoms with van der Waals surface area (Å²) >= 11 is 0. The fourth-order valence-electron chi connectivity index (χ4n) is 1.05. The van der Waals surface area contributed by atoms with Crippen LogP contribution in [-0.4, -0.2) is 20.2 Å². The summed E-state index contributed by atoms with van der Waals surface area (Å²) in [5, 5.41) is 7.75. The molecule has 0 aromatic carbocycles. The lowest BCUT2D eigenvalue weighted by molar-refractivity contribution is 0.499. The molecule has 13 heavy (non-hydrogen) atoms. The molecule has 0 radical (unpaired) electrons. The maximum atomic E-state index is 5.35. The monoisotopic (exact) mass is 178 g/mol. The second-order valence-electron chi connectivity index (χ2n) is 2.69. The first-order chi connectivity index (χ1) is 6.40. The van der Waals surface area contributed by atoms with E-state index in [0.29, 0.717) is 17.6 Å². The first-order valence-electron chi connectivity index (χ1n) is 4.22. The van der Waals surface area contributed by atoms with Crippen LogP contribution in [0.4, 0.5) is 0 Å². The highest BCUT2D eigenvalue weighted by Crippen LogP contribution is 2.12. The fourth-order valence-corrected chi connectivity index (χ4v) is 1.05. The van der Waals surface area contributed by atoms with Crippen molar-refractivity contribution < 1.29 is 4.42 Å². The number of aromatic nitrogens is 4. The zero-order valence-electron chi connectivity index (χ0n) is 7.32. The van der Waals surface area contributed by atoms with Gasteiger partial charge in [-0.2, -0.15) is 0 Å². The van der Waals surface area contributed by atoms with Crippen LogP contribution in [-0.2, 0) is 6.42 Å². The smallest absolute Gasteiger partial charge is 0.283 e. The molecule has 0 saturated heterocycles. The predicted octanol–water partition coefficient (Wildman–Crippen LogP) is 1.41. The lowest BCUT2D eigenvalue weighted by Gasteiger charge is -1.86. The van der Waals surface area contributed by atoms with Crippen molar-refractivity contribution in [1.29, 1.82) is 0 Å². The molecule has 2 aromatic heterocycles. The lowest BCUT2D eigenvalue weighted by Crippen LogP contribution is -1.80. The first kappa shape index (κ1) is 7.97. The van der Waals surface area contributed by atoms with E-state index >= 15 is 0 Å². The van der Waals surface area contributed by atoms with E-state index in [1.54, 1.807) is 12.4 Å². The van der Waals surface area contributed by atoms with Gasteiger partial charge in [-0.05, 0) is 6.42 Å². The summed E-state index contributed by atoms with van der Waals surface area (Å²) in [4.78, 5) is 6.91. The summed E-state index contributed by atoms with van der Waals surface area (Å²) < 4.78 is 5.35. The zero-order valence-corrected chi connectivity index (χ0v) is 7.32. The molecule has 0 atom stereocenters. The van der Waals surface area contributed by atoms with Gasteiger partial charge >= 0.3 is 0 Å². The van der Waals surface area contributed by atoms with Gasteiger partial charge in [0.25, 0.3) is 5.89 Å². The molecule has 2 heterocycles. The molecule has 0 saturated carbocycles. The van der Waals surface area contributed by atoms with Gasteiger partial charge in [0.15, 0.2) is 5.82 Å². The minimum atomic E-state index is 0.452. The van der Waals surface area contributed by atoms with Crippen LogP contribution >= 0.6 is 0 Å². The maximum absolute atomic E-state index is 5.35. The molecule has 0 aliphatic heterocycles. The van der Waals surface area contributed by atoms with Crippen LogP contribution in [0.15, 0.2) is 16.8 Å². The largest absolute Gasteiger partial charge is 0.418 e. The molecule has 2 rings (SSSR count). The number of hydrogen-bond donors (Lipinski definition) is 1. The molecule has 0 aliphatic rings. The van der Waals surface area contributed by atoms with Crippen LogP contribution < -0.4 is 0 Å². The normalized spacial score (nSPS) is 10.5. The van der Waals surface area contributed by atoms with Crippen LogP contribution in [0.25, 0.3) is 11.7 Å². The molecule has 2 aromatic rings. The highest BCUT2D eigenvalue weighted by atomic mass is 16.4. The van der Waals surface area contributed by atoms with Gasteiger partial charge in [0, 0.05) is 18.8 Å². The van der Waals surface area contributed by atoms with E-state index in [9.17, 15) is 0 Å². The molecule has 0 bridgehead atoms. The van der Waals surface area contributed by atoms with Crippen LogP contribution in [0.3, 0.4) is 0 Å². The molecule has 0 fully saturated rings. The third-order valence-corrected chi connectivity index (χ3v) is 1.63. The molecule has 0 amide bonds. The minimum Gasteiger partial charge on any atom is -0.418 e. The van der Waals surface area contributed by atoms with Crippen molar-refractivity contribution in [2.75, 3.05) is 0 Å². The van der Waals surface area contributed by atoms with Gasteiger partial charge in [0.1, 0.15) is 0 Å². The highest BCUT2D eigenvalue weighted by Gasteiger charge is 2.08. The second-order valence-corrected chi connectivity index (χ2v) is 2.69. The topological polar surface area (TPSA) is 67.6 Å². The number of aryl methyl sites for hydroxylation is 1. The Labute approximate surface area is 75.2 Å². The Morgan fingerprint density at radius 1 is 1.46 bits per heavy atom. The Morgan fingerprint density at radius 3 is 3.08 bits per heavy atom. The number of nitrogens with one attached hydrogen (secondary N) is 1. The Bertz CT molecular complexity index is 365. The van der Waals surface area contributed by atoms with Gasteiger partial charge in [0.2, 0.25) is 5.89 Å². The second kappa shape index (κ2) is 3.38. The average Bonchev–Trinajstić information content (AvgIpc) is 2.70. The summed E-state index contributed by atoms with van der Waals surface area (Å²) in [6.45, 7) is 2.07. The van der Waals surface area contributed by atoms with Crippen molar-refractivity contribution in [1.82, 2.24) is 20.2 Å². The van der Waals surface area contributed by atoms with Gasteiger partial charge in [-0.15, -0.1) is 10.2 Å².